The Balaban J connectivity index is 1.40. The largest absolute Gasteiger partial charge is 0.485 e. The molecule has 2 heterocycles. The molecule has 5 aromatic rings. The van der Waals surface area contributed by atoms with E-state index in [2.05, 4.69) is 30.9 Å². The van der Waals surface area contributed by atoms with Crippen molar-refractivity contribution < 1.29 is 18.3 Å². The van der Waals surface area contributed by atoms with Crippen molar-refractivity contribution in [3.63, 3.8) is 0 Å². The number of rotatable bonds is 9. The molecule has 0 spiro atoms. The topological polar surface area (TPSA) is 107 Å². The molecular weight excluding hydrogens is 528 g/mol. The Labute approximate surface area is 226 Å². The highest BCUT2D eigenvalue weighted by Gasteiger charge is 2.15. The Hall–Kier alpha value is -4.64. The fourth-order valence-corrected chi connectivity index (χ4v) is 3.99. The van der Waals surface area contributed by atoms with Crippen LogP contribution in [0, 0.1) is 11.6 Å². The monoisotopic (exact) mass is 549 g/mol. The number of hydrogen-bond acceptors (Lipinski definition) is 7. The molecule has 0 saturated heterocycles. The maximum absolute atomic E-state index is 13.6. The quantitative estimate of drug-likeness (QED) is 0.237. The van der Waals surface area contributed by atoms with E-state index in [1.165, 1.54) is 36.7 Å². The number of ether oxygens (including phenoxy) is 1. The summed E-state index contributed by atoms with van der Waals surface area (Å²) in [4.78, 5) is 20.9. The summed E-state index contributed by atoms with van der Waals surface area (Å²) in [5.74, 6) is -0.259. The Morgan fingerprint density at radius 3 is 2.77 bits per heavy atom. The zero-order valence-electron chi connectivity index (χ0n) is 20.7. The van der Waals surface area contributed by atoms with Crippen LogP contribution < -0.4 is 15.4 Å². The first kappa shape index (κ1) is 26.0. The number of nitrogens with zero attached hydrogens (tertiary/aromatic N) is 5. The number of hydrogen-bond donors (Lipinski definition) is 2. The van der Waals surface area contributed by atoms with Gasteiger partial charge in [-0.15, -0.1) is 5.10 Å². The summed E-state index contributed by atoms with van der Waals surface area (Å²) in [6.45, 7) is 2.15. The lowest BCUT2D eigenvalue weighted by Gasteiger charge is -2.15. The predicted octanol–water partition coefficient (Wildman–Crippen LogP) is 5.87. The lowest BCUT2D eigenvalue weighted by molar-refractivity contribution is -0.115. The second-order valence-electron chi connectivity index (χ2n) is 8.57. The van der Waals surface area contributed by atoms with Gasteiger partial charge in [0.15, 0.2) is 0 Å². The number of carbonyl (C=O) groups excluding carboxylic acids is 1. The summed E-state index contributed by atoms with van der Waals surface area (Å²) in [5, 5.41) is 14.7. The van der Waals surface area contributed by atoms with E-state index in [1.807, 2.05) is 0 Å². The average Bonchev–Trinajstić information content (AvgIpc) is 3.37. The van der Waals surface area contributed by atoms with Crippen molar-refractivity contribution in [1.29, 1.82) is 0 Å². The number of nitrogens with one attached hydrogen (secondary N) is 2. The third-order valence-electron chi connectivity index (χ3n) is 5.71. The van der Waals surface area contributed by atoms with Gasteiger partial charge in [-0.2, -0.15) is 0 Å². The van der Waals surface area contributed by atoms with Gasteiger partial charge in [0.05, 0.1) is 29.0 Å². The maximum Gasteiger partial charge on any atom is 0.224 e. The van der Waals surface area contributed by atoms with E-state index in [0.717, 1.165) is 5.56 Å². The number of aromatic nitrogens is 5. The van der Waals surface area contributed by atoms with Crippen molar-refractivity contribution in [1.82, 2.24) is 25.0 Å². The lowest BCUT2D eigenvalue weighted by Crippen LogP contribution is -2.11. The molecule has 2 aromatic heterocycles. The molecule has 0 bridgehead atoms. The van der Waals surface area contributed by atoms with Crippen LogP contribution in [0.1, 0.15) is 24.6 Å². The minimum Gasteiger partial charge on any atom is -0.485 e. The predicted molar refractivity (Wildman–Crippen MR) is 143 cm³/mol. The van der Waals surface area contributed by atoms with Crippen LogP contribution in [-0.4, -0.2) is 30.9 Å². The Morgan fingerprint density at radius 1 is 1.10 bits per heavy atom. The van der Waals surface area contributed by atoms with Crippen LogP contribution in [0.4, 0.5) is 26.0 Å². The Bertz CT molecular complexity index is 1660. The molecule has 0 atom stereocenters. The fraction of sp³-hybridized carbons (Fsp3) is 0.148. The number of fused-ring (bicyclic) bond motifs is 1. The third-order valence-corrected chi connectivity index (χ3v) is 6.00. The highest BCUT2D eigenvalue weighted by Crippen LogP contribution is 2.34. The molecule has 0 saturated carbocycles. The van der Waals surface area contributed by atoms with Crippen LogP contribution in [0.2, 0.25) is 5.02 Å². The molecule has 3 aromatic carbocycles. The zero-order chi connectivity index (χ0) is 27.4. The summed E-state index contributed by atoms with van der Waals surface area (Å²) >= 11 is 5.91. The van der Waals surface area contributed by atoms with Crippen LogP contribution >= 0.6 is 11.6 Å². The molecule has 9 nitrogen and oxygen atoms in total. The molecule has 0 unspecified atom stereocenters. The highest BCUT2D eigenvalue weighted by atomic mass is 35.5. The minimum absolute atomic E-state index is 0.0298. The molecule has 12 heteroatoms. The molecule has 1 amide bonds. The summed E-state index contributed by atoms with van der Waals surface area (Å²) in [6, 6.07) is 13.9. The normalized spacial score (nSPS) is 11.0. The van der Waals surface area contributed by atoms with Gasteiger partial charge >= 0.3 is 0 Å². The van der Waals surface area contributed by atoms with Crippen molar-refractivity contribution in [2.24, 2.45) is 0 Å². The Morgan fingerprint density at radius 2 is 1.97 bits per heavy atom. The van der Waals surface area contributed by atoms with Gasteiger partial charge in [0.2, 0.25) is 5.91 Å². The van der Waals surface area contributed by atoms with Gasteiger partial charge in [0.25, 0.3) is 0 Å². The smallest absolute Gasteiger partial charge is 0.224 e. The molecule has 0 aliphatic rings. The van der Waals surface area contributed by atoms with Gasteiger partial charge in [-0.1, -0.05) is 35.9 Å². The molecule has 39 heavy (non-hydrogen) atoms. The molecule has 5 rings (SSSR count). The van der Waals surface area contributed by atoms with E-state index in [-0.39, 0.29) is 29.8 Å². The summed E-state index contributed by atoms with van der Waals surface area (Å²) in [6.07, 6.45) is 3.34. The van der Waals surface area contributed by atoms with Crippen LogP contribution in [0.3, 0.4) is 0 Å². The first-order chi connectivity index (χ1) is 18.9. The lowest BCUT2D eigenvalue weighted by atomic mass is 10.1. The van der Waals surface area contributed by atoms with Gasteiger partial charge in [-0.05, 0) is 42.0 Å². The van der Waals surface area contributed by atoms with Gasteiger partial charge in [0.1, 0.15) is 41.8 Å². The number of benzene rings is 3. The third kappa shape index (κ3) is 6.27. The number of anilines is 3. The maximum atomic E-state index is 13.6. The number of carbonyl (C=O) groups is 1. The van der Waals surface area contributed by atoms with Crippen LogP contribution in [0.5, 0.6) is 5.75 Å². The van der Waals surface area contributed by atoms with E-state index in [0.29, 0.717) is 46.1 Å². The average molecular weight is 550 g/mol. The van der Waals surface area contributed by atoms with Crippen LogP contribution in [0.15, 0.2) is 67.1 Å². The number of amides is 1. The molecule has 0 aliphatic heterocycles. The molecule has 0 radical (unpaired) electrons. The number of halogens is 3. The van der Waals surface area contributed by atoms with Gasteiger partial charge in [-0.3, -0.25) is 4.79 Å². The van der Waals surface area contributed by atoms with E-state index in [4.69, 9.17) is 16.3 Å². The molecule has 2 N–H and O–H groups in total. The minimum atomic E-state index is -0.532. The van der Waals surface area contributed by atoms with Crippen molar-refractivity contribution in [2.75, 3.05) is 10.6 Å². The molecular formula is C27H22ClF2N7O2. The van der Waals surface area contributed by atoms with Gasteiger partial charge in [-0.25, -0.2) is 23.4 Å². The summed E-state index contributed by atoms with van der Waals surface area (Å²) in [7, 11) is 0. The van der Waals surface area contributed by atoms with Crippen molar-refractivity contribution in [3.8, 4) is 5.75 Å². The van der Waals surface area contributed by atoms with Crippen LogP contribution in [0.25, 0.3) is 10.9 Å². The standard InChI is InChI=1S/C27H22ClF2N7O2/c1-2-26(38)34-24-10-20-23(31-15-32-27(20)33-18-6-7-22(30)21(28)9-18)11-25(24)39-14-19-13-37(36-35-19)12-16-4-3-5-17(29)8-16/h3-11,13,15H,2,12,14H2,1H3,(H,34,38)(H,31,32,33). The van der Waals surface area contributed by atoms with Gasteiger partial charge in [0, 0.05) is 23.6 Å². The van der Waals surface area contributed by atoms with Crippen molar-refractivity contribution >= 4 is 45.6 Å². The molecule has 0 aliphatic carbocycles. The van der Waals surface area contributed by atoms with Gasteiger partial charge < -0.3 is 15.4 Å². The summed E-state index contributed by atoms with van der Waals surface area (Å²) in [5.41, 5.74) is 2.77. The van der Waals surface area contributed by atoms with E-state index >= 15 is 0 Å². The van der Waals surface area contributed by atoms with Crippen molar-refractivity contribution in [3.05, 3.63) is 95.0 Å². The SMILES string of the molecule is CCC(=O)Nc1cc2c(Nc3ccc(F)c(Cl)c3)ncnc2cc1OCc1cn(Cc2cccc(F)c2)nn1. The van der Waals surface area contributed by atoms with E-state index in [9.17, 15) is 13.6 Å². The summed E-state index contributed by atoms with van der Waals surface area (Å²) < 4.78 is 34.7. The highest BCUT2D eigenvalue weighted by molar-refractivity contribution is 6.31. The molecule has 0 fully saturated rings. The Kier molecular flexibility index (Phi) is 7.60. The zero-order valence-corrected chi connectivity index (χ0v) is 21.4. The molecule has 198 valence electrons. The van der Waals surface area contributed by atoms with E-state index < -0.39 is 5.82 Å². The van der Waals surface area contributed by atoms with E-state index in [1.54, 1.807) is 42.1 Å². The second kappa shape index (κ2) is 11.4. The van der Waals surface area contributed by atoms with Crippen molar-refractivity contribution in [2.45, 2.75) is 26.5 Å². The second-order valence-corrected chi connectivity index (χ2v) is 8.98. The first-order valence-corrected chi connectivity index (χ1v) is 12.3. The van der Waals surface area contributed by atoms with Crippen LogP contribution in [-0.2, 0) is 17.9 Å². The first-order valence-electron chi connectivity index (χ1n) is 11.9. The fourth-order valence-electron chi connectivity index (χ4n) is 3.81.